The summed E-state index contributed by atoms with van der Waals surface area (Å²) >= 11 is 0. The SMILES string of the molecule is Cc1cc(-n2ncc3cc(NC(=O)NCc4ccc5c(c4)CC(=O)N5)ncc32)ccn1. The van der Waals surface area contributed by atoms with Crippen molar-refractivity contribution < 1.29 is 9.59 Å². The third-order valence-corrected chi connectivity index (χ3v) is 5.07. The normalized spacial score (nSPS) is 12.5. The summed E-state index contributed by atoms with van der Waals surface area (Å²) in [5, 5.41) is 13.6. The molecule has 1 aliphatic heterocycles. The molecule has 3 aromatic heterocycles. The molecule has 5 rings (SSSR count). The monoisotopic (exact) mass is 413 g/mol. The number of hydrogen-bond donors (Lipinski definition) is 3. The Balaban J connectivity index is 1.26. The van der Waals surface area contributed by atoms with Crippen molar-refractivity contribution in [3.63, 3.8) is 0 Å². The Bertz CT molecular complexity index is 1330. The van der Waals surface area contributed by atoms with E-state index in [9.17, 15) is 9.59 Å². The van der Waals surface area contributed by atoms with Crippen LogP contribution < -0.4 is 16.0 Å². The zero-order chi connectivity index (χ0) is 21.4. The number of nitrogens with one attached hydrogen (secondary N) is 3. The number of carbonyl (C=O) groups excluding carboxylic acids is 2. The summed E-state index contributed by atoms with van der Waals surface area (Å²) in [5.74, 6) is 0.418. The van der Waals surface area contributed by atoms with E-state index >= 15 is 0 Å². The lowest BCUT2D eigenvalue weighted by Crippen LogP contribution is -2.28. The smallest absolute Gasteiger partial charge is 0.320 e. The molecule has 0 spiro atoms. The topological polar surface area (TPSA) is 114 Å². The van der Waals surface area contributed by atoms with Crippen LogP contribution in [0.4, 0.5) is 16.3 Å². The van der Waals surface area contributed by atoms with Crippen molar-refractivity contribution in [1.29, 1.82) is 0 Å². The van der Waals surface area contributed by atoms with Gasteiger partial charge in [-0.1, -0.05) is 12.1 Å². The maximum atomic E-state index is 12.3. The van der Waals surface area contributed by atoms with Gasteiger partial charge in [0.2, 0.25) is 5.91 Å². The Morgan fingerprint density at radius 3 is 2.94 bits per heavy atom. The van der Waals surface area contributed by atoms with Crippen LogP contribution in [0.1, 0.15) is 16.8 Å². The van der Waals surface area contributed by atoms with E-state index < -0.39 is 0 Å². The molecule has 3 N–H and O–H groups in total. The minimum Gasteiger partial charge on any atom is -0.334 e. The molecule has 0 saturated heterocycles. The lowest BCUT2D eigenvalue weighted by Gasteiger charge is -2.09. The van der Waals surface area contributed by atoms with Crippen molar-refractivity contribution in [3.8, 4) is 5.69 Å². The van der Waals surface area contributed by atoms with Gasteiger partial charge in [0.1, 0.15) is 5.82 Å². The molecule has 9 nitrogen and oxygen atoms in total. The summed E-state index contributed by atoms with van der Waals surface area (Å²) in [6.45, 7) is 2.27. The second-order valence-corrected chi connectivity index (χ2v) is 7.36. The molecule has 9 heteroatoms. The molecule has 0 bridgehead atoms. The standard InChI is InChI=1S/C22H19N7O2/c1-13-6-17(4-5-23-13)29-19-12-24-20(8-16(19)11-26-29)28-22(31)25-10-14-2-3-18-15(7-14)9-21(30)27-18/h2-8,11-12H,9-10H2,1H3,(H,27,30)(H2,24,25,28,31). The third-order valence-electron chi connectivity index (χ3n) is 5.07. The summed E-state index contributed by atoms with van der Waals surface area (Å²) in [7, 11) is 0. The first-order valence-corrected chi connectivity index (χ1v) is 9.78. The van der Waals surface area contributed by atoms with Crippen LogP contribution in [-0.4, -0.2) is 31.7 Å². The quantitative estimate of drug-likeness (QED) is 0.476. The highest BCUT2D eigenvalue weighted by molar-refractivity contribution is 5.99. The number of fused-ring (bicyclic) bond motifs is 2. The fourth-order valence-electron chi connectivity index (χ4n) is 3.60. The van der Waals surface area contributed by atoms with Gasteiger partial charge in [0.15, 0.2) is 0 Å². The lowest BCUT2D eigenvalue weighted by molar-refractivity contribution is -0.115. The van der Waals surface area contributed by atoms with Crippen molar-refractivity contribution in [2.45, 2.75) is 19.9 Å². The highest BCUT2D eigenvalue weighted by atomic mass is 16.2. The summed E-state index contributed by atoms with van der Waals surface area (Å²) in [6.07, 6.45) is 5.52. The number of urea groups is 1. The van der Waals surface area contributed by atoms with Gasteiger partial charge in [-0.05, 0) is 42.3 Å². The number of pyridine rings is 2. The van der Waals surface area contributed by atoms with E-state index in [1.54, 1.807) is 29.3 Å². The number of aromatic nitrogens is 4. The summed E-state index contributed by atoms with van der Waals surface area (Å²) in [5.41, 5.74) is 5.32. The average Bonchev–Trinajstić information content (AvgIpc) is 3.34. The molecule has 4 heterocycles. The molecular weight excluding hydrogens is 394 g/mol. The molecule has 0 aliphatic carbocycles. The Morgan fingerprint density at radius 1 is 1.16 bits per heavy atom. The van der Waals surface area contributed by atoms with Gasteiger partial charge in [0, 0.05) is 29.5 Å². The molecule has 0 atom stereocenters. The van der Waals surface area contributed by atoms with Gasteiger partial charge in [0.05, 0.1) is 30.0 Å². The minimum absolute atomic E-state index is 0.0123. The first kappa shape index (κ1) is 18.7. The van der Waals surface area contributed by atoms with E-state index in [-0.39, 0.29) is 11.9 Å². The number of benzene rings is 1. The van der Waals surface area contributed by atoms with Crippen LogP contribution in [0.5, 0.6) is 0 Å². The highest BCUT2D eigenvalue weighted by Crippen LogP contribution is 2.24. The van der Waals surface area contributed by atoms with Crippen LogP contribution in [0.3, 0.4) is 0 Å². The summed E-state index contributed by atoms with van der Waals surface area (Å²) in [4.78, 5) is 32.3. The van der Waals surface area contributed by atoms with E-state index in [1.165, 1.54) is 0 Å². The molecule has 0 unspecified atom stereocenters. The molecule has 1 aliphatic rings. The Morgan fingerprint density at radius 2 is 2.06 bits per heavy atom. The maximum absolute atomic E-state index is 12.3. The average molecular weight is 413 g/mol. The first-order valence-electron chi connectivity index (χ1n) is 9.78. The molecule has 154 valence electrons. The second kappa shape index (κ2) is 7.52. The second-order valence-electron chi connectivity index (χ2n) is 7.36. The van der Waals surface area contributed by atoms with Gasteiger partial charge < -0.3 is 10.6 Å². The maximum Gasteiger partial charge on any atom is 0.320 e. The van der Waals surface area contributed by atoms with Gasteiger partial charge >= 0.3 is 6.03 Å². The zero-order valence-electron chi connectivity index (χ0n) is 16.7. The Labute approximate surface area is 177 Å². The molecule has 1 aromatic carbocycles. The first-order chi connectivity index (χ1) is 15.0. The number of rotatable bonds is 4. The molecule has 4 aromatic rings. The molecule has 0 radical (unpaired) electrons. The van der Waals surface area contributed by atoms with E-state index in [4.69, 9.17) is 0 Å². The Kier molecular flexibility index (Phi) is 4.55. The van der Waals surface area contributed by atoms with Crippen LogP contribution >= 0.6 is 0 Å². The predicted molar refractivity (Wildman–Crippen MR) is 116 cm³/mol. The number of nitrogens with zero attached hydrogens (tertiary/aromatic N) is 4. The largest absolute Gasteiger partial charge is 0.334 e. The van der Waals surface area contributed by atoms with Gasteiger partial charge in [-0.15, -0.1) is 0 Å². The van der Waals surface area contributed by atoms with Gasteiger partial charge in [0.25, 0.3) is 0 Å². The summed E-state index contributed by atoms with van der Waals surface area (Å²) in [6, 6.07) is 10.9. The number of amides is 3. The lowest BCUT2D eigenvalue weighted by atomic mass is 10.1. The molecule has 0 saturated carbocycles. The fraction of sp³-hybridized carbons (Fsp3) is 0.136. The summed E-state index contributed by atoms with van der Waals surface area (Å²) < 4.78 is 1.79. The van der Waals surface area contributed by atoms with E-state index in [2.05, 4.69) is 31.0 Å². The van der Waals surface area contributed by atoms with Gasteiger partial charge in [-0.25, -0.2) is 14.5 Å². The minimum atomic E-state index is -0.362. The van der Waals surface area contributed by atoms with Crippen molar-refractivity contribution in [1.82, 2.24) is 25.1 Å². The van der Waals surface area contributed by atoms with Crippen molar-refractivity contribution in [3.05, 3.63) is 71.8 Å². The highest BCUT2D eigenvalue weighted by Gasteiger charge is 2.17. The molecule has 3 amide bonds. The van der Waals surface area contributed by atoms with E-state index in [0.29, 0.717) is 18.8 Å². The van der Waals surface area contributed by atoms with Crippen LogP contribution in [0, 0.1) is 6.92 Å². The van der Waals surface area contributed by atoms with Gasteiger partial charge in [-0.3, -0.25) is 15.1 Å². The van der Waals surface area contributed by atoms with E-state index in [1.807, 2.05) is 37.3 Å². The van der Waals surface area contributed by atoms with Crippen molar-refractivity contribution in [2.75, 3.05) is 10.6 Å². The van der Waals surface area contributed by atoms with Crippen LogP contribution in [0.15, 0.2) is 55.0 Å². The van der Waals surface area contributed by atoms with Crippen molar-refractivity contribution >= 4 is 34.3 Å². The number of hydrogen-bond acceptors (Lipinski definition) is 5. The third kappa shape index (κ3) is 3.80. The van der Waals surface area contributed by atoms with Gasteiger partial charge in [-0.2, -0.15) is 5.10 Å². The Hall–Kier alpha value is -4.27. The predicted octanol–water partition coefficient (Wildman–Crippen LogP) is 2.94. The molecule has 0 fully saturated rings. The molecule has 31 heavy (non-hydrogen) atoms. The number of aryl methyl sites for hydroxylation is 1. The van der Waals surface area contributed by atoms with Crippen LogP contribution in [0.25, 0.3) is 16.6 Å². The number of carbonyl (C=O) groups is 2. The fourth-order valence-corrected chi connectivity index (χ4v) is 3.60. The van der Waals surface area contributed by atoms with Crippen LogP contribution in [0.2, 0.25) is 0 Å². The number of anilines is 2. The van der Waals surface area contributed by atoms with Crippen LogP contribution in [-0.2, 0) is 17.8 Å². The zero-order valence-corrected chi connectivity index (χ0v) is 16.7. The van der Waals surface area contributed by atoms with E-state index in [0.717, 1.165) is 39.1 Å². The van der Waals surface area contributed by atoms with Crippen molar-refractivity contribution in [2.24, 2.45) is 0 Å². The molecular formula is C22H19N7O2.